The molecule has 2 fully saturated rings. The zero-order chi connectivity index (χ0) is 29.3. The smallest absolute Gasteiger partial charge is 0.410 e. The van der Waals surface area contributed by atoms with E-state index < -0.39 is 5.60 Å². The van der Waals surface area contributed by atoms with Gasteiger partial charge in [0.1, 0.15) is 11.4 Å². The molecular weight excluding hydrogens is 544 g/mol. The van der Waals surface area contributed by atoms with E-state index in [0.717, 1.165) is 28.1 Å². The number of rotatable bonds is 5. The highest BCUT2D eigenvalue weighted by molar-refractivity contribution is 6.34. The molecule has 2 aromatic carbocycles. The highest BCUT2D eigenvalue weighted by atomic mass is 35.5. The van der Waals surface area contributed by atoms with Crippen LogP contribution in [0.25, 0.3) is 22.3 Å². The summed E-state index contributed by atoms with van der Waals surface area (Å²) in [6.45, 7) is 9.17. The van der Waals surface area contributed by atoms with E-state index in [1.165, 1.54) is 0 Å². The Hall–Kier alpha value is -4.05. The Labute approximate surface area is 245 Å². The average molecular weight is 579 g/mol. The molecule has 216 valence electrons. The van der Waals surface area contributed by atoms with E-state index in [4.69, 9.17) is 21.1 Å². The molecule has 5 rings (SSSR count). The van der Waals surface area contributed by atoms with Gasteiger partial charge in [-0.1, -0.05) is 35.9 Å². The monoisotopic (exact) mass is 578 g/mol. The molecule has 41 heavy (non-hydrogen) atoms. The number of methoxy groups -OCH3 is 1. The van der Waals surface area contributed by atoms with Gasteiger partial charge in [-0.15, -0.1) is 5.10 Å². The number of aromatic nitrogens is 2. The number of ether oxygens (including phenoxy) is 2. The highest BCUT2D eigenvalue weighted by Gasteiger charge is 2.29. The fourth-order valence-electron chi connectivity index (χ4n) is 5.08. The van der Waals surface area contributed by atoms with Crippen molar-refractivity contribution in [2.75, 3.05) is 63.2 Å². The topological polar surface area (TPSA) is 91.3 Å². The third kappa shape index (κ3) is 6.02. The number of benzene rings is 2. The van der Waals surface area contributed by atoms with Gasteiger partial charge in [0, 0.05) is 63.0 Å². The number of para-hydroxylation sites is 1. The lowest BCUT2D eigenvalue weighted by molar-refractivity contribution is 0.0240. The van der Waals surface area contributed by atoms with Crippen LogP contribution < -0.4 is 14.5 Å². The maximum absolute atomic E-state index is 12.5. The molecule has 2 aliphatic heterocycles. The minimum atomic E-state index is -0.529. The third-order valence-corrected chi connectivity index (χ3v) is 7.50. The summed E-state index contributed by atoms with van der Waals surface area (Å²) in [7, 11) is 3.42. The van der Waals surface area contributed by atoms with Crippen molar-refractivity contribution in [1.29, 1.82) is 0 Å². The van der Waals surface area contributed by atoms with E-state index in [2.05, 4.69) is 15.1 Å². The summed E-state index contributed by atoms with van der Waals surface area (Å²) in [5.41, 5.74) is 3.63. The number of nitrogens with zero attached hydrogens (tertiary/aromatic N) is 6. The van der Waals surface area contributed by atoms with Crippen molar-refractivity contribution in [3.8, 4) is 28.0 Å². The Morgan fingerprint density at radius 3 is 2.27 bits per heavy atom. The van der Waals surface area contributed by atoms with E-state index in [1.807, 2.05) is 63.2 Å². The van der Waals surface area contributed by atoms with Gasteiger partial charge in [0.15, 0.2) is 5.82 Å². The summed E-state index contributed by atoms with van der Waals surface area (Å²) in [4.78, 5) is 32.2. The maximum atomic E-state index is 12.5. The van der Waals surface area contributed by atoms with Crippen LogP contribution in [0.3, 0.4) is 0 Å². The minimum absolute atomic E-state index is 0.0635. The van der Waals surface area contributed by atoms with Crippen molar-refractivity contribution in [3.63, 3.8) is 0 Å². The lowest BCUT2D eigenvalue weighted by atomic mass is 9.97. The molecule has 10 nitrogen and oxygen atoms in total. The first kappa shape index (κ1) is 28.5. The first-order chi connectivity index (χ1) is 19.6. The predicted octanol–water partition coefficient (Wildman–Crippen LogP) is 5.40. The fraction of sp³-hybridized carbons (Fsp3) is 0.400. The molecule has 0 aliphatic carbocycles. The van der Waals surface area contributed by atoms with Crippen LogP contribution in [0.2, 0.25) is 5.02 Å². The number of piperazine rings is 1. The lowest BCUT2D eigenvalue weighted by Crippen LogP contribution is -2.50. The molecule has 2 aliphatic rings. The summed E-state index contributed by atoms with van der Waals surface area (Å²) >= 11 is 6.68. The third-order valence-electron chi connectivity index (χ3n) is 7.19. The number of carbonyl (C=O) groups excluding carboxylic acids is 2. The average Bonchev–Trinajstić information content (AvgIpc) is 3.29. The van der Waals surface area contributed by atoms with Crippen molar-refractivity contribution < 1.29 is 19.1 Å². The van der Waals surface area contributed by atoms with Crippen LogP contribution in [-0.4, -0.2) is 91.1 Å². The molecule has 3 heterocycles. The molecule has 0 radical (unpaired) electrons. The Morgan fingerprint density at radius 2 is 1.66 bits per heavy atom. The molecular formula is C30H35ClN6O4. The zero-order valence-corrected chi connectivity index (χ0v) is 24.8. The van der Waals surface area contributed by atoms with Crippen LogP contribution in [0.15, 0.2) is 48.7 Å². The maximum Gasteiger partial charge on any atom is 0.410 e. The number of urea groups is 1. The molecule has 0 saturated carbocycles. The van der Waals surface area contributed by atoms with Crippen molar-refractivity contribution in [2.45, 2.75) is 26.4 Å². The van der Waals surface area contributed by atoms with Crippen molar-refractivity contribution >= 4 is 35.2 Å². The van der Waals surface area contributed by atoms with Gasteiger partial charge in [0.25, 0.3) is 0 Å². The van der Waals surface area contributed by atoms with Crippen LogP contribution in [0.1, 0.15) is 20.8 Å². The number of hydrogen-bond acceptors (Lipinski definition) is 7. The number of carbonyl (C=O) groups is 2. The van der Waals surface area contributed by atoms with Gasteiger partial charge in [-0.3, -0.25) is 4.90 Å². The Kier molecular flexibility index (Phi) is 7.95. The van der Waals surface area contributed by atoms with Crippen LogP contribution >= 0.6 is 11.6 Å². The fourth-order valence-corrected chi connectivity index (χ4v) is 5.36. The molecule has 0 N–H and O–H groups in total. The molecule has 0 bridgehead atoms. The standard InChI is InChI=1S/C30H35ClN6O4/c1-30(2,3)41-29(39)36-14-12-35(13-15-36)26-18-21(19-32-33-26)23-8-6-7-22(27(23)40-5)20-9-10-25(24(31)17-20)37-16-11-34(4)28(37)38/h6-10,17-19H,11-16H2,1-5H3. The van der Waals surface area contributed by atoms with Crippen molar-refractivity contribution in [2.24, 2.45) is 0 Å². The van der Waals surface area contributed by atoms with Gasteiger partial charge in [0.05, 0.1) is 24.0 Å². The molecule has 0 unspecified atom stereocenters. The summed E-state index contributed by atoms with van der Waals surface area (Å²) in [6.07, 6.45) is 1.42. The van der Waals surface area contributed by atoms with Crippen molar-refractivity contribution in [1.82, 2.24) is 20.0 Å². The first-order valence-electron chi connectivity index (χ1n) is 13.6. The van der Waals surface area contributed by atoms with E-state index in [0.29, 0.717) is 55.7 Å². The largest absolute Gasteiger partial charge is 0.495 e. The van der Waals surface area contributed by atoms with Gasteiger partial charge in [-0.25, -0.2) is 9.59 Å². The molecule has 0 atom stereocenters. The molecule has 2 saturated heterocycles. The van der Waals surface area contributed by atoms with Gasteiger partial charge < -0.3 is 24.2 Å². The van der Waals surface area contributed by atoms with E-state index >= 15 is 0 Å². The van der Waals surface area contributed by atoms with E-state index in [1.54, 1.807) is 35.1 Å². The van der Waals surface area contributed by atoms with Crippen LogP contribution in [0, 0.1) is 0 Å². The van der Waals surface area contributed by atoms with E-state index in [9.17, 15) is 9.59 Å². The Bertz CT molecular complexity index is 1450. The molecule has 0 spiro atoms. The summed E-state index contributed by atoms with van der Waals surface area (Å²) in [6, 6.07) is 13.6. The number of halogens is 1. The second-order valence-corrected chi connectivity index (χ2v) is 11.6. The summed E-state index contributed by atoms with van der Waals surface area (Å²) < 4.78 is 11.4. The molecule has 1 aromatic heterocycles. The minimum Gasteiger partial charge on any atom is -0.495 e. The van der Waals surface area contributed by atoms with Gasteiger partial charge >= 0.3 is 12.1 Å². The second-order valence-electron chi connectivity index (χ2n) is 11.2. The van der Waals surface area contributed by atoms with Gasteiger partial charge in [-0.2, -0.15) is 5.10 Å². The first-order valence-corrected chi connectivity index (χ1v) is 14.0. The zero-order valence-electron chi connectivity index (χ0n) is 24.1. The molecule has 11 heteroatoms. The lowest BCUT2D eigenvalue weighted by Gasteiger charge is -2.36. The summed E-state index contributed by atoms with van der Waals surface area (Å²) in [5.74, 6) is 1.41. The van der Waals surface area contributed by atoms with Gasteiger partial charge in [-0.05, 0) is 44.5 Å². The van der Waals surface area contributed by atoms with Crippen LogP contribution in [-0.2, 0) is 4.74 Å². The number of amides is 3. The Balaban J connectivity index is 1.37. The molecule has 3 amide bonds. The van der Waals surface area contributed by atoms with Crippen LogP contribution in [0.4, 0.5) is 21.1 Å². The van der Waals surface area contributed by atoms with Crippen LogP contribution in [0.5, 0.6) is 5.75 Å². The Morgan fingerprint density at radius 1 is 0.951 bits per heavy atom. The normalized spacial score (nSPS) is 15.9. The predicted molar refractivity (Wildman–Crippen MR) is 160 cm³/mol. The number of anilines is 2. The quantitative estimate of drug-likeness (QED) is 0.400. The van der Waals surface area contributed by atoms with E-state index in [-0.39, 0.29) is 12.1 Å². The highest BCUT2D eigenvalue weighted by Crippen LogP contribution is 2.41. The molecule has 3 aromatic rings. The number of hydrogen-bond donors (Lipinski definition) is 0. The van der Waals surface area contributed by atoms with Gasteiger partial charge in [0.2, 0.25) is 0 Å². The summed E-state index contributed by atoms with van der Waals surface area (Å²) in [5, 5.41) is 9.15. The SMILES string of the molecule is COc1c(-c2cnnc(N3CCN(C(=O)OC(C)(C)C)CC3)c2)cccc1-c1ccc(N2CCN(C)C2=O)c(Cl)c1. The number of likely N-dealkylation sites (N-methyl/N-ethyl adjacent to an activating group) is 1. The second kappa shape index (κ2) is 11.4. The van der Waals surface area contributed by atoms with Crippen molar-refractivity contribution in [3.05, 3.63) is 53.7 Å².